The van der Waals surface area contributed by atoms with Crippen LogP contribution in [-0.4, -0.2) is 16.5 Å². The molecule has 0 atom stereocenters. The van der Waals surface area contributed by atoms with E-state index >= 15 is 0 Å². The molecule has 1 aromatic heterocycles. The van der Waals surface area contributed by atoms with Crippen LogP contribution in [0.2, 0.25) is 0 Å². The van der Waals surface area contributed by atoms with Gasteiger partial charge in [0.25, 0.3) is 0 Å². The summed E-state index contributed by atoms with van der Waals surface area (Å²) in [6.45, 7) is 8.26. The van der Waals surface area contributed by atoms with Crippen LogP contribution in [0.3, 0.4) is 0 Å². The molecule has 0 amide bonds. The summed E-state index contributed by atoms with van der Waals surface area (Å²) in [6.07, 6.45) is 1.72. The summed E-state index contributed by atoms with van der Waals surface area (Å²) in [4.78, 5) is 8.50. The third-order valence-corrected chi connectivity index (χ3v) is 1.93. The minimum absolute atomic E-state index is 0.664. The second kappa shape index (κ2) is 4.37. The molecule has 1 N–H and O–H groups in total. The number of nitrogens with one attached hydrogen (secondary N) is 1. The zero-order valence-corrected chi connectivity index (χ0v) is 9.35. The molecule has 0 spiro atoms. The Balaban J connectivity index is 2.68. The lowest BCUT2D eigenvalue weighted by molar-refractivity contribution is 1.04. The fourth-order valence-corrected chi connectivity index (χ4v) is 0.954. The van der Waals surface area contributed by atoms with E-state index in [0.717, 1.165) is 21.7 Å². The zero-order valence-electron chi connectivity index (χ0n) is 7.76. The van der Waals surface area contributed by atoms with Crippen molar-refractivity contribution in [1.82, 2.24) is 9.97 Å². The van der Waals surface area contributed by atoms with Crippen molar-refractivity contribution in [2.75, 3.05) is 11.9 Å². The molecule has 0 unspecified atom stereocenters. The van der Waals surface area contributed by atoms with Gasteiger partial charge in [0.15, 0.2) is 0 Å². The number of anilines is 1. The van der Waals surface area contributed by atoms with Crippen LogP contribution in [0.4, 0.5) is 5.82 Å². The van der Waals surface area contributed by atoms with Gasteiger partial charge in [0.05, 0.1) is 17.6 Å². The maximum absolute atomic E-state index is 4.31. The first-order valence-corrected chi connectivity index (χ1v) is 4.76. The Labute approximate surface area is 86.4 Å². The third kappa shape index (κ3) is 3.14. The molecular weight excluding hydrogens is 230 g/mol. The van der Waals surface area contributed by atoms with E-state index in [1.807, 2.05) is 13.8 Å². The van der Waals surface area contributed by atoms with E-state index in [2.05, 4.69) is 37.8 Å². The number of hydrogen-bond donors (Lipinski definition) is 1. The molecule has 0 bridgehead atoms. The SMILES string of the molecule is C=C(Br)CNc1cnc(C)c(C)n1. The van der Waals surface area contributed by atoms with Gasteiger partial charge in [-0.1, -0.05) is 22.5 Å². The highest BCUT2D eigenvalue weighted by molar-refractivity contribution is 9.11. The van der Waals surface area contributed by atoms with E-state index in [4.69, 9.17) is 0 Å². The topological polar surface area (TPSA) is 37.8 Å². The molecule has 0 aliphatic rings. The van der Waals surface area contributed by atoms with Gasteiger partial charge >= 0.3 is 0 Å². The standard InChI is InChI=1S/C9H12BrN3/c1-6(10)4-12-9-5-11-7(2)8(3)13-9/h5H,1,4H2,2-3H3,(H,12,13). The van der Waals surface area contributed by atoms with Gasteiger partial charge in [-0.25, -0.2) is 4.98 Å². The molecule has 0 radical (unpaired) electrons. The number of hydrogen-bond acceptors (Lipinski definition) is 3. The van der Waals surface area contributed by atoms with E-state index in [0.29, 0.717) is 6.54 Å². The summed E-state index contributed by atoms with van der Waals surface area (Å²) < 4.78 is 0.896. The van der Waals surface area contributed by atoms with Crippen molar-refractivity contribution >= 4 is 21.7 Å². The minimum Gasteiger partial charge on any atom is -0.364 e. The average Bonchev–Trinajstić information content (AvgIpc) is 2.07. The first-order chi connectivity index (χ1) is 6.09. The van der Waals surface area contributed by atoms with Crippen LogP contribution in [-0.2, 0) is 0 Å². The molecule has 4 heteroatoms. The molecule has 0 fully saturated rings. The molecule has 13 heavy (non-hydrogen) atoms. The maximum Gasteiger partial charge on any atom is 0.145 e. The summed E-state index contributed by atoms with van der Waals surface area (Å²) >= 11 is 3.26. The van der Waals surface area contributed by atoms with Crippen molar-refractivity contribution in [1.29, 1.82) is 0 Å². The summed E-state index contributed by atoms with van der Waals surface area (Å²) in [7, 11) is 0. The minimum atomic E-state index is 0.664. The predicted molar refractivity (Wildman–Crippen MR) is 58.1 cm³/mol. The first-order valence-electron chi connectivity index (χ1n) is 3.97. The van der Waals surface area contributed by atoms with Gasteiger partial charge in [0.2, 0.25) is 0 Å². The fourth-order valence-electron chi connectivity index (χ4n) is 0.813. The van der Waals surface area contributed by atoms with Crippen LogP contribution in [0, 0.1) is 13.8 Å². The van der Waals surface area contributed by atoms with Crippen LogP contribution in [0.1, 0.15) is 11.4 Å². The van der Waals surface area contributed by atoms with E-state index in [9.17, 15) is 0 Å². The Morgan fingerprint density at radius 1 is 1.54 bits per heavy atom. The highest BCUT2D eigenvalue weighted by Gasteiger charge is 1.98. The number of halogens is 1. The highest BCUT2D eigenvalue weighted by Crippen LogP contribution is 2.07. The predicted octanol–water partition coefficient (Wildman–Crippen LogP) is 2.41. The highest BCUT2D eigenvalue weighted by atomic mass is 79.9. The van der Waals surface area contributed by atoms with Crippen LogP contribution >= 0.6 is 15.9 Å². The Morgan fingerprint density at radius 2 is 2.23 bits per heavy atom. The smallest absolute Gasteiger partial charge is 0.145 e. The summed E-state index contributed by atoms with van der Waals surface area (Å²) in [5.74, 6) is 0.781. The molecular formula is C9H12BrN3. The second-order valence-corrected chi connectivity index (χ2v) is 3.92. The Bertz CT molecular complexity index is 323. The molecule has 1 aromatic rings. The van der Waals surface area contributed by atoms with E-state index < -0.39 is 0 Å². The number of aromatic nitrogens is 2. The first kappa shape index (κ1) is 10.2. The van der Waals surface area contributed by atoms with E-state index in [-0.39, 0.29) is 0 Å². The average molecular weight is 242 g/mol. The van der Waals surface area contributed by atoms with Gasteiger partial charge in [0, 0.05) is 11.0 Å². The van der Waals surface area contributed by atoms with E-state index in [1.165, 1.54) is 0 Å². The molecule has 0 saturated heterocycles. The third-order valence-electron chi connectivity index (χ3n) is 1.65. The molecule has 0 saturated carbocycles. The number of aryl methyl sites for hydroxylation is 2. The molecule has 0 aliphatic carbocycles. The Kier molecular flexibility index (Phi) is 3.42. The summed E-state index contributed by atoms with van der Waals surface area (Å²) in [6, 6.07) is 0. The quantitative estimate of drug-likeness (QED) is 0.884. The van der Waals surface area contributed by atoms with Gasteiger partial charge < -0.3 is 5.32 Å². The monoisotopic (exact) mass is 241 g/mol. The lowest BCUT2D eigenvalue weighted by atomic mass is 10.3. The van der Waals surface area contributed by atoms with Gasteiger partial charge in [-0.15, -0.1) is 0 Å². The Morgan fingerprint density at radius 3 is 2.77 bits per heavy atom. The molecule has 0 aliphatic heterocycles. The lowest BCUT2D eigenvalue weighted by Crippen LogP contribution is -2.04. The van der Waals surface area contributed by atoms with Crippen LogP contribution in [0.25, 0.3) is 0 Å². The van der Waals surface area contributed by atoms with Crippen LogP contribution in [0.5, 0.6) is 0 Å². The molecule has 1 rings (SSSR count). The molecule has 0 aromatic carbocycles. The van der Waals surface area contributed by atoms with Gasteiger partial charge in [-0.05, 0) is 13.8 Å². The summed E-state index contributed by atoms with van der Waals surface area (Å²) in [5, 5.41) is 3.09. The zero-order chi connectivity index (χ0) is 9.84. The van der Waals surface area contributed by atoms with Crippen LogP contribution < -0.4 is 5.32 Å². The van der Waals surface area contributed by atoms with Gasteiger partial charge in [-0.3, -0.25) is 4.98 Å². The van der Waals surface area contributed by atoms with Crippen molar-refractivity contribution in [3.05, 3.63) is 28.6 Å². The normalized spacial score (nSPS) is 9.77. The summed E-state index contributed by atoms with van der Waals surface area (Å²) in [5.41, 5.74) is 1.91. The van der Waals surface area contributed by atoms with Crippen molar-refractivity contribution < 1.29 is 0 Å². The lowest BCUT2D eigenvalue weighted by Gasteiger charge is -2.05. The second-order valence-electron chi connectivity index (χ2n) is 2.80. The molecule has 70 valence electrons. The van der Waals surface area contributed by atoms with Crippen molar-refractivity contribution in [3.63, 3.8) is 0 Å². The van der Waals surface area contributed by atoms with Crippen LogP contribution in [0.15, 0.2) is 17.3 Å². The van der Waals surface area contributed by atoms with Gasteiger partial charge in [-0.2, -0.15) is 0 Å². The van der Waals surface area contributed by atoms with E-state index in [1.54, 1.807) is 6.20 Å². The van der Waals surface area contributed by atoms with Crippen molar-refractivity contribution in [2.45, 2.75) is 13.8 Å². The van der Waals surface area contributed by atoms with Gasteiger partial charge in [0.1, 0.15) is 5.82 Å². The number of nitrogens with zero attached hydrogens (tertiary/aromatic N) is 2. The molecule has 1 heterocycles. The Hall–Kier alpha value is -0.900. The maximum atomic E-state index is 4.31. The largest absolute Gasteiger partial charge is 0.364 e. The molecule has 3 nitrogen and oxygen atoms in total. The van der Waals surface area contributed by atoms with Crippen molar-refractivity contribution in [3.8, 4) is 0 Å². The number of rotatable bonds is 3. The fraction of sp³-hybridized carbons (Fsp3) is 0.333. The van der Waals surface area contributed by atoms with Crippen molar-refractivity contribution in [2.24, 2.45) is 0 Å².